The Bertz CT molecular complexity index is 590. The molecule has 0 amide bonds. The van der Waals surface area contributed by atoms with Crippen molar-refractivity contribution in [1.29, 1.82) is 5.26 Å². The molecule has 21 heavy (non-hydrogen) atoms. The van der Waals surface area contributed by atoms with Crippen LogP contribution in [0.2, 0.25) is 0 Å². The number of aliphatic hydroxyl groups is 1. The summed E-state index contributed by atoms with van der Waals surface area (Å²) in [5.74, 6) is -0.0140. The molecule has 0 heterocycles. The van der Waals surface area contributed by atoms with E-state index in [1.165, 1.54) is 24.3 Å². The van der Waals surface area contributed by atoms with E-state index in [1.807, 2.05) is 19.9 Å². The molecule has 0 fully saturated rings. The van der Waals surface area contributed by atoms with Gasteiger partial charge in [0.1, 0.15) is 0 Å². The van der Waals surface area contributed by atoms with Gasteiger partial charge in [-0.3, -0.25) is 0 Å². The molecule has 0 bridgehead atoms. The highest BCUT2D eigenvalue weighted by molar-refractivity contribution is 7.91. The van der Waals surface area contributed by atoms with Gasteiger partial charge in [-0.25, -0.2) is 8.42 Å². The quantitative estimate of drug-likeness (QED) is 0.759. The van der Waals surface area contributed by atoms with Gasteiger partial charge in [0.25, 0.3) is 0 Å². The van der Waals surface area contributed by atoms with Crippen molar-refractivity contribution in [2.24, 2.45) is 0 Å². The number of nitriles is 1. The number of benzene rings is 1. The second-order valence-electron chi connectivity index (χ2n) is 5.27. The predicted molar refractivity (Wildman–Crippen MR) is 81.6 cm³/mol. The Morgan fingerprint density at radius 1 is 1.33 bits per heavy atom. The fraction of sp³-hybridized carbons (Fsp3) is 0.533. The van der Waals surface area contributed by atoms with E-state index < -0.39 is 9.84 Å². The Morgan fingerprint density at radius 3 is 2.43 bits per heavy atom. The number of rotatable bonds is 8. The first kappa shape index (κ1) is 17.6. The zero-order chi connectivity index (χ0) is 15.9. The number of nitrogens with one attached hydrogen (secondary N) is 1. The number of nitrogens with zero attached hydrogens (tertiary/aromatic N) is 1. The number of aliphatic hydroxyl groups excluding tert-OH is 1. The molecule has 0 aliphatic rings. The Labute approximate surface area is 126 Å². The summed E-state index contributed by atoms with van der Waals surface area (Å²) in [5, 5.41) is 20.9. The molecule has 5 nitrogen and oxygen atoms in total. The van der Waals surface area contributed by atoms with Crippen LogP contribution in [-0.4, -0.2) is 38.0 Å². The summed E-state index contributed by atoms with van der Waals surface area (Å²) in [5.41, 5.74) is 0.183. The van der Waals surface area contributed by atoms with Gasteiger partial charge < -0.3 is 10.4 Å². The lowest BCUT2D eigenvalue weighted by molar-refractivity contribution is 0.218. The van der Waals surface area contributed by atoms with Crippen LogP contribution >= 0.6 is 0 Å². The van der Waals surface area contributed by atoms with Gasteiger partial charge in [0.15, 0.2) is 9.84 Å². The first-order valence-corrected chi connectivity index (χ1v) is 8.61. The van der Waals surface area contributed by atoms with Gasteiger partial charge >= 0.3 is 0 Å². The SMILES string of the molecule is CCC(C)(CCO)NCCS(=O)(=O)c1ccc(C#N)cc1. The molecule has 6 heteroatoms. The summed E-state index contributed by atoms with van der Waals surface area (Å²) in [6.07, 6.45) is 1.39. The van der Waals surface area contributed by atoms with E-state index in [1.54, 1.807) is 0 Å². The van der Waals surface area contributed by atoms with Crippen LogP contribution in [0.25, 0.3) is 0 Å². The molecule has 1 unspecified atom stereocenters. The largest absolute Gasteiger partial charge is 0.396 e. The van der Waals surface area contributed by atoms with Crippen molar-refractivity contribution in [1.82, 2.24) is 5.32 Å². The first-order chi connectivity index (χ1) is 9.87. The van der Waals surface area contributed by atoms with E-state index >= 15 is 0 Å². The molecule has 0 saturated heterocycles. The minimum absolute atomic E-state index is 0.0140. The third-order valence-corrected chi connectivity index (χ3v) is 5.44. The highest BCUT2D eigenvalue weighted by atomic mass is 32.2. The van der Waals surface area contributed by atoms with Crippen molar-refractivity contribution in [3.05, 3.63) is 29.8 Å². The van der Waals surface area contributed by atoms with Crippen LogP contribution in [0.4, 0.5) is 0 Å². The molecule has 2 N–H and O–H groups in total. The van der Waals surface area contributed by atoms with Crippen molar-refractivity contribution in [3.63, 3.8) is 0 Å². The van der Waals surface area contributed by atoms with E-state index in [4.69, 9.17) is 10.4 Å². The van der Waals surface area contributed by atoms with Gasteiger partial charge in [-0.1, -0.05) is 6.92 Å². The van der Waals surface area contributed by atoms with E-state index in [-0.39, 0.29) is 22.8 Å². The van der Waals surface area contributed by atoms with Gasteiger partial charge in [0, 0.05) is 18.7 Å². The minimum Gasteiger partial charge on any atom is -0.396 e. The van der Waals surface area contributed by atoms with Crippen molar-refractivity contribution < 1.29 is 13.5 Å². The average molecular weight is 310 g/mol. The smallest absolute Gasteiger partial charge is 0.179 e. The zero-order valence-electron chi connectivity index (χ0n) is 12.5. The molecular weight excluding hydrogens is 288 g/mol. The van der Waals surface area contributed by atoms with E-state index in [9.17, 15) is 8.42 Å². The Kier molecular flexibility index (Phi) is 6.34. The maximum Gasteiger partial charge on any atom is 0.179 e. The van der Waals surface area contributed by atoms with Gasteiger partial charge in [-0.15, -0.1) is 0 Å². The van der Waals surface area contributed by atoms with Crippen LogP contribution < -0.4 is 5.32 Å². The van der Waals surface area contributed by atoms with Crippen LogP contribution in [0.15, 0.2) is 29.2 Å². The van der Waals surface area contributed by atoms with Gasteiger partial charge in [0.05, 0.1) is 22.3 Å². The molecule has 0 aromatic heterocycles. The maximum atomic E-state index is 12.2. The lowest BCUT2D eigenvalue weighted by Gasteiger charge is -2.29. The summed E-state index contributed by atoms with van der Waals surface area (Å²) < 4.78 is 24.4. The lowest BCUT2D eigenvalue weighted by atomic mass is 9.95. The highest BCUT2D eigenvalue weighted by Gasteiger charge is 2.22. The number of hydrogen-bond acceptors (Lipinski definition) is 5. The summed E-state index contributed by atoms with van der Waals surface area (Å²) in [6, 6.07) is 7.88. The summed E-state index contributed by atoms with van der Waals surface area (Å²) in [4.78, 5) is 0.226. The van der Waals surface area contributed by atoms with Crippen molar-refractivity contribution in [3.8, 4) is 6.07 Å². The molecule has 1 aromatic carbocycles. The average Bonchev–Trinajstić information content (AvgIpc) is 2.47. The van der Waals surface area contributed by atoms with Crippen molar-refractivity contribution in [2.45, 2.75) is 37.1 Å². The minimum atomic E-state index is -3.37. The van der Waals surface area contributed by atoms with Gasteiger partial charge in [-0.05, 0) is 44.0 Å². The molecule has 0 aliphatic heterocycles. The van der Waals surface area contributed by atoms with Crippen LogP contribution in [0.1, 0.15) is 32.3 Å². The van der Waals surface area contributed by atoms with E-state index in [2.05, 4.69) is 5.32 Å². The molecule has 0 saturated carbocycles. The molecule has 1 aromatic rings. The zero-order valence-corrected chi connectivity index (χ0v) is 13.3. The molecular formula is C15H22N2O3S. The Hall–Kier alpha value is -1.42. The molecule has 1 atom stereocenters. The lowest BCUT2D eigenvalue weighted by Crippen LogP contribution is -2.44. The normalized spacial score (nSPS) is 14.4. The predicted octanol–water partition coefficient (Wildman–Crippen LogP) is 1.47. The van der Waals surface area contributed by atoms with E-state index in [0.29, 0.717) is 18.5 Å². The maximum absolute atomic E-state index is 12.2. The van der Waals surface area contributed by atoms with Gasteiger partial charge in [0.2, 0.25) is 0 Å². The standard InChI is InChI=1S/C15H22N2O3S/c1-3-15(2,8-10-18)17-9-11-21(19,20)14-6-4-13(12-16)5-7-14/h4-7,17-18H,3,8-11H2,1-2H3. The van der Waals surface area contributed by atoms with Crippen LogP contribution in [-0.2, 0) is 9.84 Å². The van der Waals surface area contributed by atoms with Gasteiger partial charge in [-0.2, -0.15) is 5.26 Å². The molecule has 1 rings (SSSR count). The highest BCUT2D eigenvalue weighted by Crippen LogP contribution is 2.15. The van der Waals surface area contributed by atoms with Crippen molar-refractivity contribution >= 4 is 9.84 Å². The molecule has 0 radical (unpaired) electrons. The van der Waals surface area contributed by atoms with Crippen LogP contribution in [0, 0.1) is 11.3 Å². The number of sulfone groups is 1. The fourth-order valence-corrected chi connectivity index (χ4v) is 3.14. The molecule has 116 valence electrons. The molecule has 0 aliphatic carbocycles. The second-order valence-corrected chi connectivity index (χ2v) is 7.38. The summed E-state index contributed by atoms with van der Waals surface area (Å²) in [7, 11) is -3.37. The van der Waals surface area contributed by atoms with E-state index in [0.717, 1.165) is 6.42 Å². The summed E-state index contributed by atoms with van der Waals surface area (Å²) in [6.45, 7) is 4.36. The summed E-state index contributed by atoms with van der Waals surface area (Å²) >= 11 is 0. The van der Waals surface area contributed by atoms with Crippen LogP contribution in [0.3, 0.4) is 0 Å². The fourth-order valence-electron chi connectivity index (χ4n) is 1.98. The first-order valence-electron chi connectivity index (χ1n) is 6.96. The second kappa shape index (κ2) is 7.55. The third kappa shape index (κ3) is 5.12. The molecule has 0 spiro atoms. The van der Waals surface area contributed by atoms with Crippen molar-refractivity contribution in [2.75, 3.05) is 18.9 Å². The Morgan fingerprint density at radius 2 is 1.95 bits per heavy atom. The third-order valence-electron chi connectivity index (χ3n) is 3.71. The number of hydrogen-bond donors (Lipinski definition) is 2. The topological polar surface area (TPSA) is 90.2 Å². The Balaban J connectivity index is 2.66. The van der Waals surface area contributed by atoms with Crippen LogP contribution in [0.5, 0.6) is 0 Å². The monoisotopic (exact) mass is 310 g/mol.